The van der Waals surface area contributed by atoms with Crippen molar-refractivity contribution in [1.29, 1.82) is 0 Å². The maximum atomic E-state index is 5.42. The molecule has 0 aliphatic rings. The van der Waals surface area contributed by atoms with Crippen LogP contribution in [0.15, 0.2) is 54.6 Å². The molecule has 0 bridgehead atoms. The first-order valence-corrected chi connectivity index (χ1v) is 6.80. The Bertz CT molecular complexity index is 534. The molecule has 2 rings (SSSR count). The molecule has 0 aliphatic heterocycles. The first kappa shape index (κ1) is 13.6. The molecular weight excluding hydrogens is 252 g/mol. The number of hydrogen-bond acceptors (Lipinski definition) is 1. The molecule has 0 atom stereocenters. The molecule has 0 radical (unpaired) electrons. The Balaban J connectivity index is 2.04. The van der Waals surface area contributed by atoms with Crippen LogP contribution >= 0.6 is 12.2 Å². The van der Waals surface area contributed by atoms with E-state index in [2.05, 4.69) is 36.5 Å². The van der Waals surface area contributed by atoms with Gasteiger partial charge in [0.05, 0.1) is 0 Å². The van der Waals surface area contributed by atoms with Crippen molar-refractivity contribution in [2.24, 2.45) is 0 Å². The largest absolute Gasteiger partial charge is 0.332 e. The van der Waals surface area contributed by atoms with Gasteiger partial charge in [0.2, 0.25) is 0 Å². The van der Waals surface area contributed by atoms with Crippen LogP contribution in [0.25, 0.3) is 0 Å². The SMILES string of the molecule is CCc1ccc(NC(=S)N(C)c2ccccc2)cc1. The van der Waals surface area contributed by atoms with Gasteiger partial charge in [-0.3, -0.25) is 0 Å². The normalized spacial score (nSPS) is 10.0. The number of nitrogens with zero attached hydrogens (tertiary/aromatic N) is 1. The van der Waals surface area contributed by atoms with Crippen LogP contribution in [0.5, 0.6) is 0 Å². The highest BCUT2D eigenvalue weighted by Gasteiger charge is 2.06. The Morgan fingerprint density at radius 2 is 1.68 bits per heavy atom. The van der Waals surface area contributed by atoms with Crippen molar-refractivity contribution in [2.45, 2.75) is 13.3 Å². The van der Waals surface area contributed by atoms with Crippen LogP contribution in [0.2, 0.25) is 0 Å². The number of thiocarbonyl (C=S) groups is 1. The Labute approximate surface area is 120 Å². The van der Waals surface area contributed by atoms with Gasteiger partial charge in [-0.25, -0.2) is 0 Å². The average Bonchev–Trinajstić information content (AvgIpc) is 2.48. The summed E-state index contributed by atoms with van der Waals surface area (Å²) in [5.74, 6) is 0. The number of aryl methyl sites for hydroxylation is 1. The highest BCUT2D eigenvalue weighted by molar-refractivity contribution is 7.80. The van der Waals surface area contributed by atoms with Gasteiger partial charge in [0, 0.05) is 18.4 Å². The van der Waals surface area contributed by atoms with E-state index in [1.54, 1.807) is 0 Å². The first-order valence-electron chi connectivity index (χ1n) is 6.39. The summed E-state index contributed by atoms with van der Waals surface area (Å²) in [5.41, 5.74) is 3.42. The summed E-state index contributed by atoms with van der Waals surface area (Å²) in [5, 5.41) is 3.94. The van der Waals surface area contributed by atoms with Gasteiger partial charge in [0.1, 0.15) is 0 Å². The first-order chi connectivity index (χ1) is 9.20. The van der Waals surface area contributed by atoms with Gasteiger partial charge in [0.15, 0.2) is 5.11 Å². The van der Waals surface area contributed by atoms with Crippen LogP contribution in [0.4, 0.5) is 11.4 Å². The maximum absolute atomic E-state index is 5.42. The predicted octanol–water partition coefficient (Wildman–Crippen LogP) is 4.08. The molecular formula is C16H18N2S. The Morgan fingerprint density at radius 1 is 1.05 bits per heavy atom. The Kier molecular flexibility index (Phi) is 4.53. The summed E-state index contributed by atoms with van der Waals surface area (Å²) in [7, 11) is 1.96. The van der Waals surface area contributed by atoms with Crippen LogP contribution in [0, 0.1) is 0 Å². The molecule has 2 aromatic rings. The molecule has 0 aromatic heterocycles. The van der Waals surface area contributed by atoms with E-state index in [4.69, 9.17) is 12.2 Å². The summed E-state index contributed by atoms with van der Waals surface area (Å²) >= 11 is 5.42. The number of para-hydroxylation sites is 1. The molecule has 0 unspecified atom stereocenters. The molecule has 2 nitrogen and oxygen atoms in total. The predicted molar refractivity (Wildman–Crippen MR) is 86.9 cm³/mol. The average molecular weight is 270 g/mol. The molecule has 2 aromatic carbocycles. The second-order valence-corrected chi connectivity index (χ2v) is 4.76. The van der Waals surface area contributed by atoms with Gasteiger partial charge in [-0.2, -0.15) is 0 Å². The second-order valence-electron chi connectivity index (χ2n) is 4.38. The minimum Gasteiger partial charge on any atom is -0.332 e. The lowest BCUT2D eigenvalue weighted by Crippen LogP contribution is -2.30. The van der Waals surface area contributed by atoms with Gasteiger partial charge in [0.25, 0.3) is 0 Å². The number of anilines is 2. The molecule has 19 heavy (non-hydrogen) atoms. The smallest absolute Gasteiger partial charge is 0.177 e. The zero-order valence-corrected chi connectivity index (χ0v) is 12.1. The van der Waals surface area contributed by atoms with E-state index in [0.29, 0.717) is 5.11 Å². The monoisotopic (exact) mass is 270 g/mol. The van der Waals surface area contributed by atoms with E-state index < -0.39 is 0 Å². The van der Waals surface area contributed by atoms with Crippen molar-refractivity contribution in [1.82, 2.24) is 0 Å². The molecule has 0 spiro atoms. The summed E-state index contributed by atoms with van der Waals surface area (Å²) in [6.45, 7) is 2.15. The third kappa shape index (κ3) is 3.55. The van der Waals surface area contributed by atoms with E-state index in [1.807, 2.05) is 42.3 Å². The molecule has 0 saturated carbocycles. The second kappa shape index (κ2) is 6.34. The minimum absolute atomic E-state index is 0.690. The lowest BCUT2D eigenvalue weighted by Gasteiger charge is -2.21. The Morgan fingerprint density at radius 3 is 2.26 bits per heavy atom. The van der Waals surface area contributed by atoms with Gasteiger partial charge in [-0.15, -0.1) is 0 Å². The van der Waals surface area contributed by atoms with Crippen molar-refractivity contribution in [3.8, 4) is 0 Å². The minimum atomic E-state index is 0.690. The summed E-state index contributed by atoms with van der Waals surface area (Å²) in [6, 6.07) is 18.4. The van der Waals surface area contributed by atoms with Gasteiger partial charge < -0.3 is 10.2 Å². The fraction of sp³-hybridized carbons (Fsp3) is 0.188. The van der Waals surface area contributed by atoms with E-state index in [-0.39, 0.29) is 0 Å². The topological polar surface area (TPSA) is 15.3 Å². The highest BCUT2D eigenvalue weighted by atomic mass is 32.1. The quantitative estimate of drug-likeness (QED) is 0.846. The zero-order chi connectivity index (χ0) is 13.7. The van der Waals surface area contributed by atoms with E-state index in [0.717, 1.165) is 17.8 Å². The van der Waals surface area contributed by atoms with Crippen LogP contribution < -0.4 is 10.2 Å². The lowest BCUT2D eigenvalue weighted by atomic mass is 10.1. The summed E-state index contributed by atoms with van der Waals surface area (Å²) < 4.78 is 0. The van der Waals surface area contributed by atoms with Crippen LogP contribution in [-0.4, -0.2) is 12.2 Å². The van der Waals surface area contributed by atoms with Crippen molar-refractivity contribution in [3.05, 3.63) is 60.2 Å². The van der Waals surface area contributed by atoms with Crippen molar-refractivity contribution in [2.75, 3.05) is 17.3 Å². The number of benzene rings is 2. The van der Waals surface area contributed by atoms with Crippen molar-refractivity contribution >= 4 is 28.7 Å². The summed E-state index contributed by atoms with van der Waals surface area (Å²) in [6.07, 6.45) is 1.05. The maximum Gasteiger partial charge on any atom is 0.177 e. The van der Waals surface area contributed by atoms with E-state index in [1.165, 1.54) is 5.56 Å². The third-order valence-corrected chi connectivity index (χ3v) is 3.44. The standard InChI is InChI=1S/C16H18N2S/c1-3-13-9-11-14(12-10-13)17-16(19)18(2)15-7-5-4-6-8-15/h4-12H,3H2,1-2H3,(H,17,19). The molecule has 0 amide bonds. The molecule has 0 heterocycles. The molecule has 98 valence electrons. The number of hydrogen-bond donors (Lipinski definition) is 1. The van der Waals surface area contributed by atoms with Crippen molar-refractivity contribution < 1.29 is 0 Å². The molecule has 0 aliphatic carbocycles. The Hall–Kier alpha value is -1.87. The lowest BCUT2D eigenvalue weighted by molar-refractivity contribution is 1.14. The third-order valence-electron chi connectivity index (χ3n) is 3.06. The molecule has 1 N–H and O–H groups in total. The van der Waals surface area contributed by atoms with E-state index in [9.17, 15) is 0 Å². The zero-order valence-electron chi connectivity index (χ0n) is 11.3. The van der Waals surface area contributed by atoms with E-state index >= 15 is 0 Å². The molecule has 0 fully saturated rings. The number of nitrogens with one attached hydrogen (secondary N) is 1. The van der Waals surface area contributed by atoms with Gasteiger partial charge in [-0.05, 0) is 48.5 Å². The van der Waals surface area contributed by atoms with Crippen LogP contribution in [-0.2, 0) is 6.42 Å². The van der Waals surface area contributed by atoms with Gasteiger partial charge in [-0.1, -0.05) is 37.3 Å². The fourth-order valence-corrected chi connectivity index (χ4v) is 2.02. The highest BCUT2D eigenvalue weighted by Crippen LogP contribution is 2.15. The molecule has 0 saturated heterocycles. The van der Waals surface area contributed by atoms with Crippen LogP contribution in [0.1, 0.15) is 12.5 Å². The van der Waals surface area contributed by atoms with Crippen LogP contribution in [0.3, 0.4) is 0 Å². The number of rotatable bonds is 3. The van der Waals surface area contributed by atoms with Gasteiger partial charge >= 0.3 is 0 Å². The van der Waals surface area contributed by atoms with Crippen molar-refractivity contribution in [3.63, 3.8) is 0 Å². The summed E-state index contributed by atoms with van der Waals surface area (Å²) in [4.78, 5) is 1.96. The molecule has 3 heteroatoms. The fourth-order valence-electron chi connectivity index (χ4n) is 1.80.